The second-order valence-electron chi connectivity index (χ2n) is 6.46. The van der Waals surface area contributed by atoms with E-state index in [9.17, 15) is 5.26 Å². The molecule has 0 unspecified atom stereocenters. The maximum Gasteiger partial charge on any atom is 0.153 e. The number of hydrogen-bond donors (Lipinski definition) is 1. The first-order valence-electron chi connectivity index (χ1n) is 8.64. The molecule has 0 aliphatic carbocycles. The molecule has 3 heterocycles. The minimum absolute atomic E-state index is 0.536. The second-order valence-corrected chi connectivity index (χ2v) is 6.46. The van der Waals surface area contributed by atoms with Crippen LogP contribution in [-0.2, 0) is 6.54 Å². The molecule has 1 N–H and O–H groups in total. The van der Waals surface area contributed by atoms with Crippen LogP contribution in [0.4, 0.5) is 5.69 Å². The zero-order valence-electron chi connectivity index (χ0n) is 15.1. The van der Waals surface area contributed by atoms with Crippen LogP contribution >= 0.6 is 0 Å². The minimum Gasteiger partial charge on any atom is -0.379 e. The molecule has 0 saturated carbocycles. The second kappa shape index (κ2) is 6.89. The number of aromatic nitrogens is 4. The largest absolute Gasteiger partial charge is 0.379 e. The molecular formula is C21H18N6. The van der Waals surface area contributed by atoms with Gasteiger partial charge in [-0.25, -0.2) is 9.67 Å². The number of nitriles is 1. The number of fused-ring (bicyclic) bond motifs is 1. The lowest BCUT2D eigenvalue weighted by molar-refractivity contribution is 0.843. The van der Waals surface area contributed by atoms with Crippen molar-refractivity contribution in [1.82, 2.24) is 19.7 Å². The van der Waals surface area contributed by atoms with Crippen molar-refractivity contribution in [2.24, 2.45) is 0 Å². The smallest absolute Gasteiger partial charge is 0.153 e. The summed E-state index contributed by atoms with van der Waals surface area (Å²) in [5.74, 6) is 0.756. The van der Waals surface area contributed by atoms with E-state index in [2.05, 4.69) is 45.5 Å². The van der Waals surface area contributed by atoms with Gasteiger partial charge in [0, 0.05) is 36.7 Å². The average molecular weight is 354 g/mol. The standard InChI is InChI=1S/C21H18N6/c1-14-8-15(2)20-18(9-14)21(17(11-22)13-25-20)24-12-16-4-6-23-19(10-16)27-7-3-5-26-27/h3-10,13H,12H2,1-2H3,(H,24,25). The number of hydrogen-bond acceptors (Lipinski definition) is 5. The summed E-state index contributed by atoms with van der Waals surface area (Å²) in [5, 5.41) is 18.1. The van der Waals surface area contributed by atoms with Gasteiger partial charge >= 0.3 is 0 Å². The Bertz CT molecular complexity index is 1160. The number of anilines is 1. The molecule has 0 spiro atoms. The van der Waals surface area contributed by atoms with E-state index >= 15 is 0 Å². The Kier molecular flexibility index (Phi) is 4.27. The topological polar surface area (TPSA) is 79.4 Å². The van der Waals surface area contributed by atoms with E-state index in [1.165, 1.54) is 0 Å². The molecule has 6 heteroatoms. The van der Waals surface area contributed by atoms with Gasteiger partial charge < -0.3 is 5.32 Å². The normalized spacial score (nSPS) is 10.7. The molecular weight excluding hydrogens is 336 g/mol. The fraction of sp³-hybridized carbons (Fsp3) is 0.143. The third-order valence-electron chi connectivity index (χ3n) is 4.45. The van der Waals surface area contributed by atoms with Crippen molar-refractivity contribution in [2.75, 3.05) is 5.32 Å². The quantitative estimate of drug-likeness (QED) is 0.601. The van der Waals surface area contributed by atoms with Crippen LogP contribution < -0.4 is 5.32 Å². The molecule has 132 valence electrons. The highest BCUT2D eigenvalue weighted by Gasteiger charge is 2.11. The number of nitrogens with zero attached hydrogens (tertiary/aromatic N) is 5. The summed E-state index contributed by atoms with van der Waals surface area (Å²) in [6.07, 6.45) is 6.97. The number of benzene rings is 1. The van der Waals surface area contributed by atoms with Crippen molar-refractivity contribution >= 4 is 16.6 Å². The fourth-order valence-electron chi connectivity index (χ4n) is 3.23. The molecule has 0 aliphatic rings. The van der Waals surface area contributed by atoms with Crippen LogP contribution in [-0.4, -0.2) is 19.7 Å². The van der Waals surface area contributed by atoms with Crippen LogP contribution in [0.25, 0.3) is 16.7 Å². The van der Waals surface area contributed by atoms with Gasteiger partial charge in [-0.1, -0.05) is 11.6 Å². The first kappa shape index (κ1) is 16.7. The molecule has 0 aliphatic heterocycles. The lowest BCUT2D eigenvalue weighted by Gasteiger charge is -2.14. The predicted molar refractivity (Wildman–Crippen MR) is 105 cm³/mol. The van der Waals surface area contributed by atoms with E-state index < -0.39 is 0 Å². The molecule has 0 saturated heterocycles. The molecule has 3 aromatic heterocycles. The van der Waals surface area contributed by atoms with E-state index in [0.29, 0.717) is 12.1 Å². The third-order valence-corrected chi connectivity index (χ3v) is 4.45. The lowest BCUT2D eigenvalue weighted by Crippen LogP contribution is -2.05. The molecule has 1 aromatic carbocycles. The van der Waals surface area contributed by atoms with Crippen molar-refractivity contribution in [3.8, 4) is 11.9 Å². The summed E-state index contributed by atoms with van der Waals surface area (Å²) in [7, 11) is 0. The minimum atomic E-state index is 0.536. The molecule has 4 rings (SSSR count). The van der Waals surface area contributed by atoms with Gasteiger partial charge in [0.05, 0.1) is 16.8 Å². The number of aryl methyl sites for hydroxylation is 2. The van der Waals surface area contributed by atoms with Crippen molar-refractivity contribution < 1.29 is 0 Å². The number of pyridine rings is 2. The van der Waals surface area contributed by atoms with Gasteiger partial charge in [-0.2, -0.15) is 10.4 Å². The molecule has 27 heavy (non-hydrogen) atoms. The zero-order chi connectivity index (χ0) is 18.8. The zero-order valence-corrected chi connectivity index (χ0v) is 15.1. The van der Waals surface area contributed by atoms with Crippen LogP contribution in [0.15, 0.2) is 55.1 Å². The van der Waals surface area contributed by atoms with Gasteiger partial charge in [0.1, 0.15) is 6.07 Å². The maximum absolute atomic E-state index is 9.53. The average Bonchev–Trinajstić information content (AvgIpc) is 3.21. The van der Waals surface area contributed by atoms with Gasteiger partial charge in [-0.15, -0.1) is 0 Å². The van der Waals surface area contributed by atoms with E-state index in [1.807, 2.05) is 31.3 Å². The highest BCUT2D eigenvalue weighted by Crippen LogP contribution is 2.29. The van der Waals surface area contributed by atoms with Gasteiger partial charge in [-0.05, 0) is 49.2 Å². The monoisotopic (exact) mass is 354 g/mol. The summed E-state index contributed by atoms with van der Waals surface area (Å²) in [6.45, 7) is 4.66. The van der Waals surface area contributed by atoms with E-state index in [4.69, 9.17) is 0 Å². The summed E-state index contributed by atoms with van der Waals surface area (Å²) < 4.78 is 1.72. The van der Waals surface area contributed by atoms with Gasteiger partial charge in [0.15, 0.2) is 5.82 Å². The molecule has 6 nitrogen and oxygen atoms in total. The third kappa shape index (κ3) is 3.23. The van der Waals surface area contributed by atoms with Crippen molar-refractivity contribution in [3.05, 3.63) is 77.4 Å². The Morgan fingerprint density at radius 1 is 1.15 bits per heavy atom. The van der Waals surface area contributed by atoms with E-state index in [-0.39, 0.29) is 0 Å². The van der Waals surface area contributed by atoms with Crippen molar-refractivity contribution in [3.63, 3.8) is 0 Å². The summed E-state index contributed by atoms with van der Waals surface area (Å²) >= 11 is 0. The van der Waals surface area contributed by atoms with Crippen LogP contribution in [0, 0.1) is 25.2 Å². The molecule has 0 atom stereocenters. The van der Waals surface area contributed by atoms with E-state index in [0.717, 1.165) is 39.1 Å². The number of nitrogens with one attached hydrogen (secondary N) is 1. The Hall–Kier alpha value is -3.72. The Labute approximate surface area is 157 Å². The summed E-state index contributed by atoms with van der Waals surface area (Å²) in [4.78, 5) is 8.83. The van der Waals surface area contributed by atoms with Gasteiger partial charge in [0.25, 0.3) is 0 Å². The fourth-order valence-corrected chi connectivity index (χ4v) is 3.23. The van der Waals surface area contributed by atoms with Gasteiger partial charge in [0.2, 0.25) is 0 Å². The van der Waals surface area contributed by atoms with Crippen molar-refractivity contribution in [1.29, 1.82) is 5.26 Å². The molecule has 0 amide bonds. The Balaban J connectivity index is 1.70. The maximum atomic E-state index is 9.53. The molecule has 0 bridgehead atoms. The Morgan fingerprint density at radius 3 is 2.81 bits per heavy atom. The Morgan fingerprint density at radius 2 is 2.04 bits per heavy atom. The SMILES string of the molecule is Cc1cc(C)c2ncc(C#N)c(NCc3ccnc(-n4cccn4)c3)c2c1. The van der Waals surface area contributed by atoms with Crippen LogP contribution in [0.5, 0.6) is 0 Å². The first-order chi connectivity index (χ1) is 13.2. The molecule has 4 aromatic rings. The van der Waals surface area contributed by atoms with Crippen LogP contribution in [0.2, 0.25) is 0 Å². The number of rotatable bonds is 4. The highest BCUT2D eigenvalue weighted by molar-refractivity contribution is 5.96. The predicted octanol–water partition coefficient (Wildman–Crippen LogP) is 3.92. The van der Waals surface area contributed by atoms with Gasteiger partial charge in [-0.3, -0.25) is 4.98 Å². The van der Waals surface area contributed by atoms with Crippen LogP contribution in [0.1, 0.15) is 22.3 Å². The molecule has 0 radical (unpaired) electrons. The summed E-state index contributed by atoms with van der Waals surface area (Å²) in [5.41, 5.74) is 5.55. The van der Waals surface area contributed by atoms with Crippen molar-refractivity contribution in [2.45, 2.75) is 20.4 Å². The van der Waals surface area contributed by atoms with E-state index in [1.54, 1.807) is 23.3 Å². The summed E-state index contributed by atoms with van der Waals surface area (Å²) in [6, 6.07) is 12.2. The van der Waals surface area contributed by atoms with Crippen LogP contribution in [0.3, 0.4) is 0 Å². The lowest BCUT2D eigenvalue weighted by atomic mass is 10.0. The first-order valence-corrected chi connectivity index (χ1v) is 8.64. The highest BCUT2D eigenvalue weighted by atomic mass is 15.3. The molecule has 0 fully saturated rings.